The maximum Gasteiger partial charge on any atom is 0.232 e. The predicted octanol–water partition coefficient (Wildman–Crippen LogP) is 1.73. The molecule has 94 valence electrons. The smallest absolute Gasteiger partial charge is 0.232 e. The summed E-state index contributed by atoms with van der Waals surface area (Å²) in [5.41, 5.74) is 12.8. The predicted molar refractivity (Wildman–Crippen MR) is 72.4 cm³/mol. The Bertz CT molecular complexity index is 523. The van der Waals surface area contributed by atoms with Gasteiger partial charge in [-0.2, -0.15) is 15.0 Å². The molecule has 0 aliphatic heterocycles. The van der Waals surface area contributed by atoms with Crippen molar-refractivity contribution < 1.29 is 0 Å². The highest BCUT2D eigenvalue weighted by molar-refractivity contribution is 5.57. The number of rotatable bonds is 4. The van der Waals surface area contributed by atoms with Crippen molar-refractivity contribution in [3.05, 3.63) is 30.1 Å². The number of aromatic nitrogens is 3. The Kier molecular flexibility index (Phi) is 3.57. The number of benzene rings is 1. The van der Waals surface area contributed by atoms with E-state index in [0.29, 0.717) is 17.5 Å². The average Bonchev–Trinajstić information content (AvgIpc) is 2.32. The van der Waals surface area contributed by atoms with Gasteiger partial charge in [0.2, 0.25) is 11.9 Å². The largest absolute Gasteiger partial charge is 0.399 e. The van der Waals surface area contributed by atoms with Gasteiger partial charge in [-0.3, -0.25) is 0 Å². The normalized spacial score (nSPS) is 10.3. The number of hydrogen-bond donors (Lipinski definition) is 3. The van der Waals surface area contributed by atoms with Crippen LogP contribution in [-0.2, 0) is 6.42 Å². The minimum atomic E-state index is 0.228. The van der Waals surface area contributed by atoms with Crippen LogP contribution in [-0.4, -0.2) is 15.0 Å². The highest BCUT2D eigenvalue weighted by Crippen LogP contribution is 2.15. The molecule has 0 aliphatic carbocycles. The third-order valence-corrected chi connectivity index (χ3v) is 2.34. The Hall–Kier alpha value is -2.37. The molecule has 6 heteroatoms. The van der Waals surface area contributed by atoms with Crippen LogP contribution >= 0.6 is 0 Å². The van der Waals surface area contributed by atoms with Crippen molar-refractivity contribution in [1.29, 1.82) is 0 Å². The van der Waals surface area contributed by atoms with Crippen molar-refractivity contribution in [3.63, 3.8) is 0 Å². The fourth-order valence-corrected chi connectivity index (χ4v) is 1.52. The molecule has 5 N–H and O–H groups in total. The number of anilines is 4. The molecule has 0 amide bonds. The first-order valence-electron chi connectivity index (χ1n) is 5.80. The average molecular weight is 244 g/mol. The van der Waals surface area contributed by atoms with Crippen LogP contribution in [0.4, 0.5) is 23.3 Å². The lowest BCUT2D eigenvalue weighted by Gasteiger charge is -2.07. The molecule has 1 heterocycles. The number of hydrogen-bond acceptors (Lipinski definition) is 6. The molecular formula is C12H16N6. The first-order chi connectivity index (χ1) is 8.67. The van der Waals surface area contributed by atoms with Gasteiger partial charge >= 0.3 is 0 Å². The Balaban J connectivity index is 2.20. The standard InChI is InChI=1S/C12H16N6/c1-2-3-10-16-11(14)18-12(17-10)15-9-6-4-8(13)5-7-9/h4-7H,2-3,13H2,1H3,(H3,14,15,16,17,18). The minimum Gasteiger partial charge on any atom is -0.399 e. The van der Waals surface area contributed by atoms with E-state index in [2.05, 4.69) is 27.2 Å². The zero-order valence-corrected chi connectivity index (χ0v) is 10.2. The molecule has 0 spiro atoms. The monoisotopic (exact) mass is 244 g/mol. The molecule has 6 nitrogen and oxygen atoms in total. The van der Waals surface area contributed by atoms with Gasteiger partial charge in [0.05, 0.1) is 0 Å². The van der Waals surface area contributed by atoms with Crippen LogP contribution in [0.2, 0.25) is 0 Å². The van der Waals surface area contributed by atoms with Gasteiger partial charge in [0.1, 0.15) is 5.82 Å². The number of nitrogens with two attached hydrogens (primary N) is 2. The Morgan fingerprint density at radius 3 is 2.44 bits per heavy atom. The summed E-state index contributed by atoms with van der Waals surface area (Å²) in [5, 5.41) is 3.07. The fraction of sp³-hybridized carbons (Fsp3) is 0.250. The van der Waals surface area contributed by atoms with Crippen molar-refractivity contribution in [3.8, 4) is 0 Å². The summed E-state index contributed by atoms with van der Waals surface area (Å²) in [6.07, 6.45) is 1.74. The summed E-state index contributed by atoms with van der Waals surface area (Å²) in [6, 6.07) is 7.32. The Morgan fingerprint density at radius 2 is 1.78 bits per heavy atom. The number of nitrogens with zero attached hydrogens (tertiary/aromatic N) is 3. The van der Waals surface area contributed by atoms with Crippen LogP contribution in [0.3, 0.4) is 0 Å². The van der Waals surface area contributed by atoms with Crippen molar-refractivity contribution >= 4 is 23.3 Å². The number of nitrogen functional groups attached to an aromatic ring is 2. The molecule has 2 aromatic rings. The van der Waals surface area contributed by atoms with Gasteiger partial charge in [-0.15, -0.1) is 0 Å². The van der Waals surface area contributed by atoms with Gasteiger partial charge in [0.15, 0.2) is 0 Å². The van der Waals surface area contributed by atoms with E-state index in [9.17, 15) is 0 Å². The van der Waals surface area contributed by atoms with E-state index in [1.54, 1.807) is 12.1 Å². The van der Waals surface area contributed by atoms with Gasteiger partial charge in [-0.05, 0) is 30.7 Å². The summed E-state index contributed by atoms with van der Waals surface area (Å²) >= 11 is 0. The highest BCUT2D eigenvalue weighted by atomic mass is 15.2. The van der Waals surface area contributed by atoms with E-state index in [1.807, 2.05) is 12.1 Å². The van der Waals surface area contributed by atoms with E-state index in [4.69, 9.17) is 11.5 Å². The summed E-state index contributed by atoms with van der Waals surface area (Å²) in [6.45, 7) is 2.06. The van der Waals surface area contributed by atoms with Crippen LogP contribution in [0.25, 0.3) is 0 Å². The lowest BCUT2D eigenvalue weighted by molar-refractivity contribution is 0.825. The van der Waals surface area contributed by atoms with Crippen molar-refractivity contribution in [2.45, 2.75) is 19.8 Å². The van der Waals surface area contributed by atoms with Gasteiger partial charge in [0.25, 0.3) is 0 Å². The van der Waals surface area contributed by atoms with Crippen molar-refractivity contribution in [2.75, 3.05) is 16.8 Å². The third-order valence-electron chi connectivity index (χ3n) is 2.34. The lowest BCUT2D eigenvalue weighted by atomic mass is 10.3. The lowest BCUT2D eigenvalue weighted by Crippen LogP contribution is -2.07. The molecule has 0 atom stereocenters. The molecule has 0 aliphatic rings. The van der Waals surface area contributed by atoms with E-state index in [0.717, 1.165) is 18.5 Å². The molecule has 0 saturated heterocycles. The molecular weight excluding hydrogens is 228 g/mol. The van der Waals surface area contributed by atoms with Crippen molar-refractivity contribution in [2.24, 2.45) is 0 Å². The van der Waals surface area contributed by atoms with E-state index >= 15 is 0 Å². The molecule has 0 radical (unpaired) electrons. The zero-order valence-electron chi connectivity index (χ0n) is 10.2. The second kappa shape index (κ2) is 5.31. The fourth-order valence-electron chi connectivity index (χ4n) is 1.52. The van der Waals surface area contributed by atoms with E-state index < -0.39 is 0 Å². The molecule has 1 aromatic heterocycles. The van der Waals surface area contributed by atoms with Gasteiger partial charge < -0.3 is 16.8 Å². The van der Waals surface area contributed by atoms with Crippen LogP contribution in [0.15, 0.2) is 24.3 Å². The quantitative estimate of drug-likeness (QED) is 0.708. The SMILES string of the molecule is CCCc1nc(N)nc(Nc2ccc(N)cc2)n1. The van der Waals surface area contributed by atoms with Gasteiger partial charge in [0, 0.05) is 17.8 Å². The van der Waals surface area contributed by atoms with Gasteiger partial charge in [-0.25, -0.2) is 0 Å². The Morgan fingerprint density at radius 1 is 1.06 bits per heavy atom. The molecule has 0 saturated carbocycles. The topological polar surface area (TPSA) is 103 Å². The molecule has 0 unspecified atom stereocenters. The van der Waals surface area contributed by atoms with Crippen LogP contribution in [0, 0.1) is 0 Å². The van der Waals surface area contributed by atoms with E-state index in [1.165, 1.54) is 0 Å². The summed E-state index contributed by atoms with van der Waals surface area (Å²) in [5.74, 6) is 1.38. The first-order valence-corrected chi connectivity index (χ1v) is 5.80. The maximum absolute atomic E-state index is 5.65. The first kappa shape index (κ1) is 12.1. The van der Waals surface area contributed by atoms with Crippen LogP contribution in [0.1, 0.15) is 19.2 Å². The van der Waals surface area contributed by atoms with Crippen LogP contribution in [0.5, 0.6) is 0 Å². The zero-order chi connectivity index (χ0) is 13.0. The molecule has 0 bridgehead atoms. The van der Waals surface area contributed by atoms with E-state index in [-0.39, 0.29) is 5.95 Å². The summed E-state index contributed by atoms with van der Waals surface area (Å²) in [7, 11) is 0. The van der Waals surface area contributed by atoms with Gasteiger partial charge in [-0.1, -0.05) is 6.92 Å². The number of aryl methyl sites for hydroxylation is 1. The molecule has 18 heavy (non-hydrogen) atoms. The number of nitrogens with one attached hydrogen (secondary N) is 1. The molecule has 0 fully saturated rings. The molecule has 2 rings (SSSR count). The second-order valence-electron chi connectivity index (χ2n) is 3.93. The third kappa shape index (κ3) is 3.07. The summed E-state index contributed by atoms with van der Waals surface area (Å²) < 4.78 is 0. The van der Waals surface area contributed by atoms with Crippen LogP contribution < -0.4 is 16.8 Å². The minimum absolute atomic E-state index is 0.228. The second-order valence-corrected chi connectivity index (χ2v) is 3.93. The maximum atomic E-state index is 5.65. The summed E-state index contributed by atoms with van der Waals surface area (Å²) in [4.78, 5) is 12.4. The molecule has 1 aromatic carbocycles. The highest BCUT2D eigenvalue weighted by Gasteiger charge is 2.04. The Labute approximate surface area is 105 Å². The van der Waals surface area contributed by atoms with Crippen molar-refractivity contribution in [1.82, 2.24) is 15.0 Å².